The van der Waals surface area contributed by atoms with E-state index in [2.05, 4.69) is 10.4 Å². The Morgan fingerprint density at radius 2 is 2.13 bits per heavy atom. The van der Waals surface area contributed by atoms with Crippen LogP contribution in [0.15, 0.2) is 30.5 Å². The van der Waals surface area contributed by atoms with Gasteiger partial charge in [-0.3, -0.25) is 0 Å². The molecule has 0 atom stereocenters. The fourth-order valence-electron chi connectivity index (χ4n) is 1.27. The van der Waals surface area contributed by atoms with Gasteiger partial charge in [-0.05, 0) is 18.2 Å². The first kappa shape index (κ1) is 10.3. The van der Waals surface area contributed by atoms with Gasteiger partial charge in [0, 0.05) is 12.1 Å². The molecular formula is C10H9Cl2N3. The van der Waals surface area contributed by atoms with Crippen LogP contribution in [-0.2, 0) is 0 Å². The normalized spacial score (nSPS) is 10.3. The zero-order valence-electron chi connectivity index (χ0n) is 8.04. The summed E-state index contributed by atoms with van der Waals surface area (Å²) in [6.45, 7) is 0. The summed E-state index contributed by atoms with van der Waals surface area (Å²) in [4.78, 5) is 0. The summed E-state index contributed by atoms with van der Waals surface area (Å²) < 4.78 is 1.68. The molecule has 0 radical (unpaired) electrons. The molecule has 1 N–H and O–H groups in total. The Balaban J connectivity index is 2.45. The van der Waals surface area contributed by atoms with Crippen molar-refractivity contribution in [2.75, 3.05) is 12.4 Å². The second-order valence-corrected chi connectivity index (χ2v) is 3.84. The molecule has 15 heavy (non-hydrogen) atoms. The van der Waals surface area contributed by atoms with E-state index in [0.717, 1.165) is 5.69 Å². The van der Waals surface area contributed by atoms with Gasteiger partial charge in [0.25, 0.3) is 0 Å². The minimum absolute atomic E-state index is 0.581. The van der Waals surface area contributed by atoms with Crippen molar-refractivity contribution < 1.29 is 0 Å². The standard InChI is InChI=1S/C10H9Cl2N3/c1-13-10-9(12)6-15(14-10)8-4-2-3-7(11)5-8/h2-6H,1H3,(H,13,14). The maximum absolute atomic E-state index is 5.96. The van der Waals surface area contributed by atoms with E-state index in [9.17, 15) is 0 Å². The van der Waals surface area contributed by atoms with Crippen LogP contribution in [0.1, 0.15) is 0 Å². The number of hydrogen-bond acceptors (Lipinski definition) is 2. The van der Waals surface area contributed by atoms with Gasteiger partial charge in [0.1, 0.15) is 5.02 Å². The van der Waals surface area contributed by atoms with E-state index in [-0.39, 0.29) is 0 Å². The minimum Gasteiger partial charge on any atom is -0.370 e. The Bertz CT molecular complexity index is 479. The molecule has 3 nitrogen and oxygen atoms in total. The minimum atomic E-state index is 0.581. The van der Waals surface area contributed by atoms with E-state index < -0.39 is 0 Å². The molecule has 0 saturated carbocycles. The zero-order chi connectivity index (χ0) is 10.8. The van der Waals surface area contributed by atoms with Gasteiger partial charge in [0.15, 0.2) is 5.82 Å². The number of rotatable bonds is 2. The Morgan fingerprint density at radius 1 is 1.33 bits per heavy atom. The summed E-state index contributed by atoms with van der Waals surface area (Å²) in [7, 11) is 1.77. The molecule has 0 aliphatic heterocycles. The second-order valence-electron chi connectivity index (χ2n) is 3.00. The SMILES string of the molecule is CNc1nn(-c2cccc(Cl)c2)cc1Cl. The lowest BCUT2D eigenvalue weighted by Gasteiger charge is -2.00. The molecule has 78 valence electrons. The molecule has 0 unspecified atom stereocenters. The molecule has 0 aliphatic carbocycles. The molecule has 0 fully saturated rings. The van der Waals surface area contributed by atoms with Crippen LogP contribution in [0, 0.1) is 0 Å². The second kappa shape index (κ2) is 4.13. The monoisotopic (exact) mass is 241 g/mol. The quantitative estimate of drug-likeness (QED) is 0.876. The Kier molecular flexibility index (Phi) is 2.84. The van der Waals surface area contributed by atoms with Crippen molar-refractivity contribution >= 4 is 29.0 Å². The number of anilines is 1. The van der Waals surface area contributed by atoms with Gasteiger partial charge in [0.2, 0.25) is 0 Å². The van der Waals surface area contributed by atoms with Gasteiger partial charge in [-0.1, -0.05) is 29.3 Å². The first-order valence-corrected chi connectivity index (χ1v) is 5.15. The lowest BCUT2D eigenvalue weighted by molar-refractivity contribution is 0.883. The number of halogens is 2. The first-order valence-electron chi connectivity index (χ1n) is 4.39. The topological polar surface area (TPSA) is 29.9 Å². The largest absolute Gasteiger partial charge is 0.370 e. The predicted molar refractivity (Wildman–Crippen MR) is 63.1 cm³/mol. The van der Waals surface area contributed by atoms with E-state index >= 15 is 0 Å². The fourth-order valence-corrected chi connectivity index (χ4v) is 1.68. The molecule has 0 saturated heterocycles. The molecule has 2 rings (SSSR count). The summed E-state index contributed by atoms with van der Waals surface area (Å²) >= 11 is 11.8. The third-order valence-electron chi connectivity index (χ3n) is 1.98. The van der Waals surface area contributed by atoms with Crippen molar-refractivity contribution in [2.24, 2.45) is 0 Å². The van der Waals surface area contributed by atoms with Gasteiger partial charge in [-0.15, -0.1) is 5.10 Å². The fraction of sp³-hybridized carbons (Fsp3) is 0.100. The van der Waals surface area contributed by atoms with Crippen LogP contribution >= 0.6 is 23.2 Å². The maximum atomic E-state index is 5.96. The third-order valence-corrected chi connectivity index (χ3v) is 2.49. The van der Waals surface area contributed by atoms with E-state index in [1.807, 2.05) is 24.3 Å². The lowest BCUT2D eigenvalue weighted by Crippen LogP contribution is -1.96. The van der Waals surface area contributed by atoms with Crippen molar-refractivity contribution in [3.05, 3.63) is 40.5 Å². The maximum Gasteiger partial charge on any atom is 0.167 e. The molecule has 1 aromatic heterocycles. The zero-order valence-corrected chi connectivity index (χ0v) is 9.55. The highest BCUT2D eigenvalue weighted by Gasteiger charge is 2.06. The average molecular weight is 242 g/mol. The first-order chi connectivity index (χ1) is 7.20. The Morgan fingerprint density at radius 3 is 2.73 bits per heavy atom. The van der Waals surface area contributed by atoms with Crippen molar-refractivity contribution in [1.82, 2.24) is 9.78 Å². The summed E-state index contributed by atoms with van der Waals surface area (Å²) in [5, 5.41) is 8.41. The summed E-state index contributed by atoms with van der Waals surface area (Å²) in [6.07, 6.45) is 1.74. The van der Waals surface area contributed by atoms with Crippen LogP contribution in [-0.4, -0.2) is 16.8 Å². The van der Waals surface area contributed by atoms with E-state index in [1.165, 1.54) is 0 Å². The Labute approximate surface area is 97.6 Å². The van der Waals surface area contributed by atoms with Crippen LogP contribution in [0.5, 0.6) is 0 Å². The summed E-state index contributed by atoms with van der Waals surface area (Å²) in [5.74, 6) is 0.650. The molecule has 0 aliphatic rings. The molecule has 0 spiro atoms. The smallest absolute Gasteiger partial charge is 0.167 e. The Hall–Kier alpha value is -1.19. The number of hydrogen-bond donors (Lipinski definition) is 1. The van der Waals surface area contributed by atoms with Gasteiger partial charge >= 0.3 is 0 Å². The van der Waals surface area contributed by atoms with E-state index in [1.54, 1.807) is 17.9 Å². The third kappa shape index (κ3) is 2.08. The van der Waals surface area contributed by atoms with Crippen LogP contribution in [0.4, 0.5) is 5.82 Å². The highest BCUT2D eigenvalue weighted by Crippen LogP contribution is 2.22. The lowest BCUT2D eigenvalue weighted by atomic mass is 10.3. The number of nitrogens with one attached hydrogen (secondary N) is 1. The van der Waals surface area contributed by atoms with Crippen LogP contribution < -0.4 is 5.32 Å². The molecule has 2 aromatic rings. The van der Waals surface area contributed by atoms with Crippen molar-refractivity contribution in [1.29, 1.82) is 0 Å². The van der Waals surface area contributed by atoms with E-state index in [4.69, 9.17) is 23.2 Å². The molecule has 1 heterocycles. The molecule has 0 bridgehead atoms. The van der Waals surface area contributed by atoms with Crippen LogP contribution in [0.3, 0.4) is 0 Å². The van der Waals surface area contributed by atoms with Crippen molar-refractivity contribution in [3.8, 4) is 5.69 Å². The molecule has 1 aromatic carbocycles. The van der Waals surface area contributed by atoms with Gasteiger partial charge in [-0.25, -0.2) is 4.68 Å². The highest BCUT2D eigenvalue weighted by atomic mass is 35.5. The summed E-state index contributed by atoms with van der Waals surface area (Å²) in [5.41, 5.74) is 0.880. The van der Waals surface area contributed by atoms with Crippen molar-refractivity contribution in [2.45, 2.75) is 0 Å². The predicted octanol–water partition coefficient (Wildman–Crippen LogP) is 3.22. The van der Waals surface area contributed by atoms with Crippen LogP contribution in [0.25, 0.3) is 5.69 Å². The van der Waals surface area contributed by atoms with Gasteiger partial charge < -0.3 is 5.32 Å². The number of aromatic nitrogens is 2. The summed E-state index contributed by atoms with van der Waals surface area (Å²) in [6, 6.07) is 7.42. The van der Waals surface area contributed by atoms with Crippen LogP contribution in [0.2, 0.25) is 10.0 Å². The molecule has 0 amide bonds. The number of benzene rings is 1. The molecule has 5 heteroatoms. The number of nitrogens with zero attached hydrogens (tertiary/aromatic N) is 2. The van der Waals surface area contributed by atoms with Gasteiger partial charge in [0.05, 0.1) is 11.9 Å². The van der Waals surface area contributed by atoms with E-state index in [0.29, 0.717) is 15.9 Å². The van der Waals surface area contributed by atoms with Gasteiger partial charge in [-0.2, -0.15) is 0 Å². The van der Waals surface area contributed by atoms with Crippen molar-refractivity contribution in [3.63, 3.8) is 0 Å². The average Bonchev–Trinajstić information content (AvgIpc) is 2.60. The highest BCUT2D eigenvalue weighted by molar-refractivity contribution is 6.33. The molecular weight excluding hydrogens is 233 g/mol.